The van der Waals surface area contributed by atoms with Crippen LogP contribution in [0.2, 0.25) is 0 Å². The van der Waals surface area contributed by atoms with E-state index >= 15 is 0 Å². The van der Waals surface area contributed by atoms with Gasteiger partial charge in [-0.2, -0.15) is 0 Å². The van der Waals surface area contributed by atoms with E-state index in [0.29, 0.717) is 11.5 Å². The summed E-state index contributed by atoms with van der Waals surface area (Å²) >= 11 is 3.43. The Bertz CT molecular complexity index is 485. The van der Waals surface area contributed by atoms with E-state index < -0.39 is 0 Å². The summed E-state index contributed by atoms with van der Waals surface area (Å²) in [5.41, 5.74) is 0.716. The minimum absolute atomic E-state index is 0.111. The summed E-state index contributed by atoms with van der Waals surface area (Å²) < 4.78 is 6.02. The first-order chi connectivity index (χ1) is 10.2. The third-order valence-electron chi connectivity index (χ3n) is 3.98. The number of nitrogens with zero attached hydrogens (tertiary/aromatic N) is 1. The smallest absolute Gasteiger partial charge is 0.253 e. The molecule has 1 aliphatic heterocycles. The van der Waals surface area contributed by atoms with Gasteiger partial charge in [0, 0.05) is 18.7 Å². The summed E-state index contributed by atoms with van der Waals surface area (Å²) in [6, 6.07) is 5.50. The molecule has 2 rings (SSSR count). The Morgan fingerprint density at radius 1 is 1.43 bits per heavy atom. The van der Waals surface area contributed by atoms with E-state index in [4.69, 9.17) is 4.74 Å². The summed E-state index contributed by atoms with van der Waals surface area (Å²) in [5.74, 6) is 1.55. The summed E-state index contributed by atoms with van der Waals surface area (Å²) in [6.45, 7) is 5.89. The van der Waals surface area contributed by atoms with Crippen molar-refractivity contribution in [3.63, 3.8) is 0 Å². The van der Waals surface area contributed by atoms with Gasteiger partial charge in [-0.1, -0.05) is 6.92 Å². The van der Waals surface area contributed by atoms with E-state index in [9.17, 15) is 4.79 Å². The number of likely N-dealkylation sites (tertiary alicyclic amines) is 1. The normalized spacial score (nSPS) is 16.0. The van der Waals surface area contributed by atoms with E-state index in [1.807, 2.05) is 23.1 Å². The standard InChI is InChI=1S/C16H23BrN2O2/c1-3-18-11-12-6-8-19(9-7-12)16(20)13-4-5-15(21-2)14(17)10-13/h4-5,10,12,18H,3,6-9,11H2,1-2H3. The van der Waals surface area contributed by atoms with Crippen molar-refractivity contribution in [1.29, 1.82) is 0 Å². The number of rotatable bonds is 5. The van der Waals surface area contributed by atoms with Gasteiger partial charge in [-0.05, 0) is 66.0 Å². The van der Waals surface area contributed by atoms with Crippen molar-refractivity contribution in [2.75, 3.05) is 33.3 Å². The van der Waals surface area contributed by atoms with E-state index in [0.717, 1.165) is 49.2 Å². The SMILES string of the molecule is CCNCC1CCN(C(=O)c2ccc(OC)c(Br)c2)CC1. The molecule has 116 valence electrons. The highest BCUT2D eigenvalue weighted by Gasteiger charge is 2.23. The molecule has 0 unspecified atom stereocenters. The molecule has 1 N–H and O–H groups in total. The third-order valence-corrected chi connectivity index (χ3v) is 4.60. The van der Waals surface area contributed by atoms with E-state index in [-0.39, 0.29) is 5.91 Å². The van der Waals surface area contributed by atoms with Gasteiger partial charge in [0.2, 0.25) is 0 Å². The monoisotopic (exact) mass is 354 g/mol. The maximum Gasteiger partial charge on any atom is 0.253 e. The van der Waals surface area contributed by atoms with Gasteiger partial charge in [-0.25, -0.2) is 0 Å². The third kappa shape index (κ3) is 4.20. The highest BCUT2D eigenvalue weighted by Crippen LogP contribution is 2.27. The molecule has 0 aliphatic carbocycles. The maximum atomic E-state index is 12.5. The second-order valence-corrected chi connectivity index (χ2v) is 6.25. The molecular formula is C16H23BrN2O2. The quantitative estimate of drug-likeness (QED) is 0.883. The van der Waals surface area contributed by atoms with E-state index in [2.05, 4.69) is 28.2 Å². The second kappa shape index (κ2) is 7.80. The topological polar surface area (TPSA) is 41.6 Å². The highest BCUT2D eigenvalue weighted by atomic mass is 79.9. The summed E-state index contributed by atoms with van der Waals surface area (Å²) in [5, 5.41) is 3.39. The zero-order valence-corrected chi connectivity index (χ0v) is 14.3. The van der Waals surface area contributed by atoms with Crippen LogP contribution in [0.15, 0.2) is 22.7 Å². The number of amides is 1. The Morgan fingerprint density at radius 2 is 2.14 bits per heavy atom. The minimum atomic E-state index is 0.111. The number of methoxy groups -OCH3 is 1. The van der Waals surface area contributed by atoms with E-state index in [1.165, 1.54) is 0 Å². The van der Waals surface area contributed by atoms with Gasteiger partial charge in [-0.3, -0.25) is 4.79 Å². The number of carbonyl (C=O) groups is 1. The van der Waals surface area contributed by atoms with Crippen LogP contribution in [0, 0.1) is 5.92 Å². The number of carbonyl (C=O) groups excluding carboxylic acids is 1. The van der Waals surface area contributed by atoms with Gasteiger partial charge in [-0.15, -0.1) is 0 Å². The fourth-order valence-corrected chi connectivity index (χ4v) is 3.21. The fourth-order valence-electron chi connectivity index (χ4n) is 2.67. The molecule has 0 radical (unpaired) electrons. The largest absolute Gasteiger partial charge is 0.496 e. The predicted octanol–water partition coefficient (Wildman–Crippen LogP) is 2.92. The lowest BCUT2D eigenvalue weighted by atomic mass is 9.96. The molecule has 1 saturated heterocycles. The molecule has 1 aromatic rings. The molecule has 1 heterocycles. The van der Waals surface area contributed by atoms with E-state index in [1.54, 1.807) is 7.11 Å². The Balaban J connectivity index is 1.94. The molecule has 0 atom stereocenters. The van der Waals surface area contributed by atoms with Crippen LogP contribution in [-0.4, -0.2) is 44.1 Å². The average molecular weight is 355 g/mol. The lowest BCUT2D eigenvalue weighted by Crippen LogP contribution is -2.40. The summed E-state index contributed by atoms with van der Waals surface area (Å²) in [6.07, 6.45) is 2.16. The van der Waals surface area contributed by atoms with Crippen LogP contribution < -0.4 is 10.1 Å². The molecule has 21 heavy (non-hydrogen) atoms. The van der Waals surface area contributed by atoms with Crippen molar-refractivity contribution >= 4 is 21.8 Å². The van der Waals surface area contributed by atoms with Gasteiger partial charge in [0.1, 0.15) is 5.75 Å². The number of ether oxygens (including phenoxy) is 1. The zero-order chi connectivity index (χ0) is 15.2. The lowest BCUT2D eigenvalue weighted by molar-refractivity contribution is 0.0690. The average Bonchev–Trinajstić information content (AvgIpc) is 2.52. The van der Waals surface area contributed by atoms with Crippen molar-refractivity contribution in [3.8, 4) is 5.75 Å². The first-order valence-corrected chi connectivity index (χ1v) is 8.28. The number of halogens is 1. The van der Waals surface area contributed by atoms with Crippen LogP contribution in [0.4, 0.5) is 0 Å². The van der Waals surface area contributed by atoms with Gasteiger partial charge >= 0.3 is 0 Å². The van der Waals surface area contributed by atoms with Crippen molar-refractivity contribution < 1.29 is 9.53 Å². The minimum Gasteiger partial charge on any atom is -0.496 e. The lowest BCUT2D eigenvalue weighted by Gasteiger charge is -2.32. The number of hydrogen-bond donors (Lipinski definition) is 1. The van der Waals surface area contributed by atoms with Crippen LogP contribution >= 0.6 is 15.9 Å². The molecule has 1 aliphatic rings. The maximum absolute atomic E-state index is 12.5. The number of nitrogens with one attached hydrogen (secondary N) is 1. The second-order valence-electron chi connectivity index (χ2n) is 5.39. The Morgan fingerprint density at radius 3 is 2.71 bits per heavy atom. The summed E-state index contributed by atoms with van der Waals surface area (Å²) in [7, 11) is 1.62. The van der Waals surface area contributed by atoms with Gasteiger partial charge in [0.05, 0.1) is 11.6 Å². The molecule has 0 bridgehead atoms. The first kappa shape index (κ1) is 16.3. The predicted molar refractivity (Wildman–Crippen MR) is 87.9 cm³/mol. The van der Waals surface area contributed by atoms with Crippen molar-refractivity contribution in [1.82, 2.24) is 10.2 Å². The van der Waals surface area contributed by atoms with Crippen molar-refractivity contribution in [3.05, 3.63) is 28.2 Å². The van der Waals surface area contributed by atoms with Crippen LogP contribution in [0.5, 0.6) is 5.75 Å². The Hall–Kier alpha value is -1.07. The van der Waals surface area contributed by atoms with Gasteiger partial charge in [0.25, 0.3) is 5.91 Å². The van der Waals surface area contributed by atoms with Gasteiger partial charge in [0.15, 0.2) is 0 Å². The fraction of sp³-hybridized carbons (Fsp3) is 0.562. The molecular weight excluding hydrogens is 332 g/mol. The highest BCUT2D eigenvalue weighted by molar-refractivity contribution is 9.10. The van der Waals surface area contributed by atoms with Crippen molar-refractivity contribution in [2.24, 2.45) is 5.92 Å². The molecule has 1 aromatic carbocycles. The van der Waals surface area contributed by atoms with Crippen LogP contribution in [0.3, 0.4) is 0 Å². The van der Waals surface area contributed by atoms with Crippen LogP contribution in [0.1, 0.15) is 30.1 Å². The number of benzene rings is 1. The summed E-state index contributed by atoms with van der Waals surface area (Å²) in [4.78, 5) is 14.5. The molecule has 0 saturated carbocycles. The molecule has 0 spiro atoms. The Labute approximate surface area is 135 Å². The molecule has 0 aromatic heterocycles. The molecule has 5 heteroatoms. The molecule has 1 amide bonds. The molecule has 1 fully saturated rings. The molecule has 4 nitrogen and oxygen atoms in total. The van der Waals surface area contributed by atoms with Gasteiger partial charge < -0.3 is 15.0 Å². The number of piperidine rings is 1. The first-order valence-electron chi connectivity index (χ1n) is 7.49. The van der Waals surface area contributed by atoms with Crippen LogP contribution in [0.25, 0.3) is 0 Å². The number of hydrogen-bond acceptors (Lipinski definition) is 3. The van der Waals surface area contributed by atoms with Crippen molar-refractivity contribution in [2.45, 2.75) is 19.8 Å². The zero-order valence-electron chi connectivity index (χ0n) is 12.7. The van der Waals surface area contributed by atoms with Crippen LogP contribution in [-0.2, 0) is 0 Å². The Kier molecular flexibility index (Phi) is 6.06.